The van der Waals surface area contributed by atoms with Crippen LogP contribution in [0.15, 0.2) is 24.3 Å². The Balaban J connectivity index is 2.78. The summed E-state index contributed by atoms with van der Waals surface area (Å²) in [6.07, 6.45) is 0. The number of hydrogen-bond donors (Lipinski definition) is 1. The van der Waals surface area contributed by atoms with Gasteiger partial charge in [-0.1, -0.05) is 0 Å². The Morgan fingerprint density at radius 3 is 2.07 bits per heavy atom. The molecule has 0 saturated heterocycles. The molecular formula is C6H5Cl2O5P. The van der Waals surface area contributed by atoms with Crippen LogP contribution in [0.2, 0.25) is 0 Å². The van der Waals surface area contributed by atoms with Crippen LogP contribution in [0, 0.1) is 0 Å². The molecule has 0 unspecified atom stereocenters. The van der Waals surface area contributed by atoms with Crippen LogP contribution < -0.4 is 4.52 Å². The van der Waals surface area contributed by atoms with Crippen molar-refractivity contribution in [2.24, 2.45) is 0 Å². The van der Waals surface area contributed by atoms with Crippen molar-refractivity contribution in [3.63, 3.8) is 0 Å². The number of phenols is 1. The van der Waals surface area contributed by atoms with Gasteiger partial charge in [0, 0.05) is 0 Å². The Morgan fingerprint density at radius 2 is 1.64 bits per heavy atom. The number of rotatable bonds is 4. The third-order valence-electron chi connectivity index (χ3n) is 1.22. The van der Waals surface area contributed by atoms with Crippen LogP contribution in [0.1, 0.15) is 0 Å². The SMILES string of the molecule is O=P(OCl)(OCl)Oc1ccc(O)cc1. The molecule has 1 rings (SSSR count). The lowest BCUT2D eigenvalue weighted by molar-refractivity contribution is 0.318. The smallest absolute Gasteiger partial charge is 0.508 e. The van der Waals surface area contributed by atoms with Gasteiger partial charge in [-0.25, -0.2) is 4.57 Å². The highest BCUT2D eigenvalue weighted by molar-refractivity contribution is 7.50. The van der Waals surface area contributed by atoms with Crippen molar-refractivity contribution in [1.29, 1.82) is 0 Å². The molecule has 78 valence electrons. The van der Waals surface area contributed by atoms with Crippen molar-refractivity contribution in [2.75, 3.05) is 0 Å². The van der Waals surface area contributed by atoms with Gasteiger partial charge in [0.05, 0.1) is 23.7 Å². The van der Waals surface area contributed by atoms with Crippen molar-refractivity contribution in [1.82, 2.24) is 0 Å². The molecule has 5 nitrogen and oxygen atoms in total. The second-order valence-corrected chi connectivity index (χ2v) is 4.35. The normalized spacial score (nSPS) is 11.3. The van der Waals surface area contributed by atoms with Gasteiger partial charge in [0.2, 0.25) is 0 Å². The van der Waals surface area contributed by atoms with E-state index >= 15 is 0 Å². The topological polar surface area (TPSA) is 65.0 Å². The molecule has 0 heterocycles. The molecule has 0 aliphatic carbocycles. The van der Waals surface area contributed by atoms with E-state index in [0.717, 1.165) is 0 Å². The zero-order valence-electron chi connectivity index (χ0n) is 6.59. The predicted molar refractivity (Wildman–Crippen MR) is 50.2 cm³/mol. The van der Waals surface area contributed by atoms with E-state index < -0.39 is 7.82 Å². The number of hydrogen-bond acceptors (Lipinski definition) is 5. The molecule has 0 atom stereocenters. The summed E-state index contributed by atoms with van der Waals surface area (Å²) in [5.74, 6) is 0.165. The lowest BCUT2D eigenvalue weighted by Crippen LogP contribution is -1.92. The van der Waals surface area contributed by atoms with Crippen molar-refractivity contribution in [3.05, 3.63) is 24.3 Å². The molecule has 0 spiro atoms. The average molecular weight is 259 g/mol. The van der Waals surface area contributed by atoms with E-state index in [1.807, 2.05) is 0 Å². The maximum absolute atomic E-state index is 11.2. The fourth-order valence-corrected chi connectivity index (χ4v) is 1.56. The highest BCUT2D eigenvalue weighted by atomic mass is 35.5. The molecule has 0 saturated carbocycles. The lowest BCUT2D eigenvalue weighted by atomic mass is 10.3. The molecule has 0 fully saturated rings. The molecule has 1 aromatic rings. The summed E-state index contributed by atoms with van der Waals surface area (Å²) in [4.78, 5) is 0. The van der Waals surface area contributed by atoms with Crippen LogP contribution >= 0.6 is 31.6 Å². The highest BCUT2D eigenvalue weighted by Crippen LogP contribution is 2.51. The Labute approximate surface area is 90.1 Å². The summed E-state index contributed by atoms with van der Waals surface area (Å²) in [6.45, 7) is 0. The number of halogens is 2. The van der Waals surface area contributed by atoms with Crippen LogP contribution in [0.25, 0.3) is 0 Å². The summed E-state index contributed by atoms with van der Waals surface area (Å²) in [7, 11) is -3.97. The zero-order chi connectivity index (χ0) is 10.6. The Hall–Kier alpha value is -0.450. The third kappa shape index (κ3) is 3.04. The first kappa shape index (κ1) is 11.6. The number of benzene rings is 1. The first-order valence-corrected chi connectivity index (χ1v) is 5.37. The predicted octanol–water partition coefficient (Wildman–Crippen LogP) is 3.22. The van der Waals surface area contributed by atoms with Gasteiger partial charge in [0.1, 0.15) is 11.5 Å². The van der Waals surface area contributed by atoms with Gasteiger partial charge in [-0.15, -0.1) is 0 Å². The Kier molecular flexibility index (Phi) is 4.04. The van der Waals surface area contributed by atoms with Gasteiger partial charge in [-0.3, -0.25) is 0 Å². The van der Waals surface area contributed by atoms with Crippen molar-refractivity contribution in [3.8, 4) is 11.5 Å². The van der Waals surface area contributed by atoms with Crippen LogP contribution in [0.5, 0.6) is 11.5 Å². The molecule has 14 heavy (non-hydrogen) atoms. The molecule has 8 heteroatoms. The fraction of sp³-hybridized carbons (Fsp3) is 0. The monoisotopic (exact) mass is 258 g/mol. The van der Waals surface area contributed by atoms with Gasteiger partial charge in [-0.05, 0) is 24.3 Å². The zero-order valence-corrected chi connectivity index (χ0v) is 9.00. The van der Waals surface area contributed by atoms with E-state index in [1.165, 1.54) is 24.3 Å². The van der Waals surface area contributed by atoms with E-state index in [2.05, 4.69) is 8.15 Å². The van der Waals surface area contributed by atoms with E-state index in [9.17, 15) is 4.57 Å². The van der Waals surface area contributed by atoms with Crippen LogP contribution in [-0.2, 0) is 12.7 Å². The van der Waals surface area contributed by atoms with Gasteiger partial charge >= 0.3 is 7.82 Å². The van der Waals surface area contributed by atoms with Crippen molar-refractivity contribution < 1.29 is 22.3 Å². The van der Waals surface area contributed by atoms with Crippen molar-refractivity contribution >= 4 is 31.6 Å². The van der Waals surface area contributed by atoms with Gasteiger partial charge < -0.3 is 9.63 Å². The van der Waals surface area contributed by atoms with Gasteiger partial charge in [0.25, 0.3) is 0 Å². The van der Waals surface area contributed by atoms with E-state index in [0.29, 0.717) is 0 Å². The Bertz CT molecular complexity index is 333. The fourth-order valence-electron chi connectivity index (χ4n) is 0.675. The quantitative estimate of drug-likeness (QED) is 0.841. The van der Waals surface area contributed by atoms with Crippen molar-refractivity contribution in [2.45, 2.75) is 0 Å². The highest BCUT2D eigenvalue weighted by Gasteiger charge is 2.28. The molecule has 0 radical (unpaired) electrons. The minimum atomic E-state index is -3.97. The molecule has 0 amide bonds. The summed E-state index contributed by atoms with van der Waals surface area (Å²) >= 11 is 9.69. The molecule has 0 aromatic heterocycles. The maximum atomic E-state index is 11.2. The van der Waals surface area contributed by atoms with Crippen LogP contribution in [0.4, 0.5) is 0 Å². The molecule has 1 N–H and O–H groups in total. The average Bonchev–Trinajstić information content (AvgIpc) is 2.21. The number of phosphoric acid groups is 1. The molecule has 0 aliphatic rings. The maximum Gasteiger partial charge on any atom is 0.563 e. The minimum absolute atomic E-state index is 0.0331. The summed E-state index contributed by atoms with van der Waals surface area (Å²) in [5.41, 5.74) is 0. The van der Waals surface area contributed by atoms with Crippen LogP contribution in [-0.4, -0.2) is 5.11 Å². The Morgan fingerprint density at radius 1 is 1.14 bits per heavy atom. The second kappa shape index (κ2) is 4.87. The summed E-state index contributed by atoms with van der Waals surface area (Å²) in [6, 6.07) is 5.33. The summed E-state index contributed by atoms with van der Waals surface area (Å²) < 4.78 is 23.7. The van der Waals surface area contributed by atoms with Crippen LogP contribution in [0.3, 0.4) is 0 Å². The molecule has 0 aliphatic heterocycles. The minimum Gasteiger partial charge on any atom is -0.508 e. The number of phenolic OH excluding ortho intramolecular Hbond substituents is 1. The largest absolute Gasteiger partial charge is 0.563 e. The van der Waals surface area contributed by atoms with Gasteiger partial charge in [0.15, 0.2) is 0 Å². The standard InChI is InChI=1S/C6H5Cl2O5P/c7-12-14(10,13-8)11-6-3-1-5(9)2-4-6/h1-4,9H. The summed E-state index contributed by atoms with van der Waals surface area (Å²) in [5, 5.41) is 8.93. The van der Waals surface area contributed by atoms with E-state index in [4.69, 9.17) is 33.4 Å². The van der Waals surface area contributed by atoms with E-state index in [-0.39, 0.29) is 11.5 Å². The van der Waals surface area contributed by atoms with Gasteiger partial charge in [-0.2, -0.15) is 8.15 Å². The molecule has 1 aromatic carbocycles. The molecular weight excluding hydrogens is 254 g/mol. The number of aromatic hydroxyl groups is 1. The third-order valence-corrected chi connectivity index (χ3v) is 3.01. The molecule has 0 bridgehead atoms. The first-order valence-electron chi connectivity index (χ1n) is 3.29. The van der Waals surface area contributed by atoms with E-state index in [1.54, 1.807) is 0 Å². The first-order chi connectivity index (χ1) is 6.59. The second-order valence-electron chi connectivity index (χ2n) is 2.17. The lowest BCUT2D eigenvalue weighted by Gasteiger charge is -2.10.